The van der Waals surface area contributed by atoms with E-state index in [-0.39, 0.29) is 10.6 Å². The first-order chi connectivity index (χ1) is 17.8. The van der Waals surface area contributed by atoms with Crippen LogP contribution in [0.25, 0.3) is 0 Å². The Kier molecular flexibility index (Phi) is 9.28. The van der Waals surface area contributed by atoms with Crippen LogP contribution < -0.4 is 23.9 Å². The lowest BCUT2D eigenvalue weighted by molar-refractivity contribution is -0.119. The van der Waals surface area contributed by atoms with Crippen LogP contribution in [0.5, 0.6) is 17.2 Å². The fourth-order valence-electron chi connectivity index (χ4n) is 3.35. The minimum absolute atomic E-state index is 0.0474. The predicted octanol–water partition coefficient (Wildman–Crippen LogP) is 3.92. The molecule has 0 bridgehead atoms. The number of para-hydroxylation sites is 2. The van der Waals surface area contributed by atoms with Gasteiger partial charge in [-0.3, -0.25) is 9.10 Å². The van der Waals surface area contributed by atoms with Gasteiger partial charge in [-0.1, -0.05) is 42.5 Å². The lowest BCUT2D eigenvalue weighted by Gasteiger charge is -2.25. The van der Waals surface area contributed by atoms with Crippen LogP contribution in [0.4, 0.5) is 5.69 Å². The molecule has 0 saturated heterocycles. The average Bonchev–Trinajstić information content (AvgIpc) is 2.91. The van der Waals surface area contributed by atoms with Gasteiger partial charge in [-0.25, -0.2) is 13.8 Å². The van der Waals surface area contributed by atoms with Gasteiger partial charge in [-0.15, -0.1) is 0 Å². The van der Waals surface area contributed by atoms with E-state index in [1.165, 1.54) is 32.6 Å². The Morgan fingerprint density at radius 1 is 1.00 bits per heavy atom. The lowest BCUT2D eigenvalue weighted by atomic mass is 10.2. The van der Waals surface area contributed by atoms with E-state index in [9.17, 15) is 13.2 Å². The molecule has 0 heterocycles. The number of hydrazone groups is 1. The summed E-state index contributed by atoms with van der Waals surface area (Å²) in [6.45, 7) is 5.28. The molecule has 194 valence electrons. The minimum Gasteiger partial charge on any atom is -0.495 e. The molecule has 37 heavy (non-hydrogen) atoms. The molecule has 0 radical (unpaired) electrons. The smallest absolute Gasteiger partial charge is 0.264 e. The van der Waals surface area contributed by atoms with E-state index in [4.69, 9.17) is 14.2 Å². The number of carbonyl (C=O) groups excluding carboxylic acids is 1. The maximum absolute atomic E-state index is 13.5. The van der Waals surface area contributed by atoms with Gasteiger partial charge in [0.2, 0.25) is 0 Å². The Morgan fingerprint density at radius 2 is 1.70 bits per heavy atom. The van der Waals surface area contributed by atoms with Crippen molar-refractivity contribution in [2.75, 3.05) is 31.7 Å². The second-order valence-electron chi connectivity index (χ2n) is 7.80. The normalized spacial score (nSPS) is 11.1. The van der Waals surface area contributed by atoms with E-state index < -0.39 is 22.5 Å². The Morgan fingerprint density at radius 3 is 2.38 bits per heavy atom. The van der Waals surface area contributed by atoms with E-state index in [1.807, 2.05) is 6.92 Å². The molecule has 10 heteroatoms. The standard InChI is InChI=1S/C27H29N3O6S/c1-5-16-36-25-15-12-21(17-26(25)35-4)18-28-29-27(31)19-30(23-8-6-7-9-24(23)34-3)37(32,33)22-13-10-20(2)11-14-22/h5-15,17-18H,1,16,19H2,2-4H3,(H,29,31)/b28-18+. The predicted molar refractivity (Wildman–Crippen MR) is 143 cm³/mol. The molecule has 9 nitrogen and oxygen atoms in total. The average molecular weight is 524 g/mol. The zero-order valence-electron chi connectivity index (χ0n) is 20.9. The number of methoxy groups -OCH3 is 2. The number of benzene rings is 3. The van der Waals surface area contributed by atoms with Crippen LogP contribution in [0.2, 0.25) is 0 Å². The van der Waals surface area contributed by atoms with Crippen LogP contribution in [0.1, 0.15) is 11.1 Å². The molecule has 0 aliphatic heterocycles. The molecule has 1 N–H and O–H groups in total. The van der Waals surface area contributed by atoms with Gasteiger partial charge in [-0.2, -0.15) is 5.10 Å². The number of carbonyl (C=O) groups is 1. The maximum atomic E-state index is 13.5. The number of hydrogen-bond donors (Lipinski definition) is 1. The van der Waals surface area contributed by atoms with Crippen LogP contribution in [-0.2, 0) is 14.8 Å². The highest BCUT2D eigenvalue weighted by Gasteiger charge is 2.29. The molecule has 0 aromatic heterocycles. The number of nitrogens with zero attached hydrogens (tertiary/aromatic N) is 2. The van der Waals surface area contributed by atoms with Gasteiger partial charge in [0.15, 0.2) is 11.5 Å². The van der Waals surface area contributed by atoms with Crippen LogP contribution in [0.15, 0.2) is 89.4 Å². The zero-order valence-corrected chi connectivity index (χ0v) is 21.7. The number of nitrogens with one attached hydrogen (secondary N) is 1. The Labute approximate surface area is 217 Å². The van der Waals surface area contributed by atoms with Crippen molar-refractivity contribution >= 4 is 27.8 Å². The summed E-state index contributed by atoms with van der Waals surface area (Å²) in [6.07, 6.45) is 3.04. The van der Waals surface area contributed by atoms with Crippen molar-refractivity contribution in [1.82, 2.24) is 5.43 Å². The third kappa shape index (κ3) is 6.89. The van der Waals surface area contributed by atoms with Gasteiger partial charge in [0.05, 0.1) is 31.0 Å². The van der Waals surface area contributed by atoms with Crippen molar-refractivity contribution in [3.63, 3.8) is 0 Å². The zero-order chi connectivity index (χ0) is 26.8. The van der Waals surface area contributed by atoms with Crippen LogP contribution in [0, 0.1) is 6.92 Å². The van der Waals surface area contributed by atoms with Gasteiger partial charge in [0, 0.05) is 0 Å². The first-order valence-electron chi connectivity index (χ1n) is 11.3. The molecule has 3 aromatic carbocycles. The number of ether oxygens (including phenoxy) is 3. The molecule has 0 saturated carbocycles. The summed E-state index contributed by atoms with van der Waals surface area (Å²) in [6, 6.07) is 18.1. The number of hydrogen-bond acceptors (Lipinski definition) is 7. The summed E-state index contributed by atoms with van der Waals surface area (Å²) in [5.41, 5.74) is 4.16. The number of rotatable bonds is 12. The Hall–Kier alpha value is -4.31. The Balaban J connectivity index is 1.82. The Bertz CT molecular complexity index is 1370. The van der Waals surface area contributed by atoms with Crippen molar-refractivity contribution in [2.24, 2.45) is 5.10 Å². The molecule has 0 aliphatic carbocycles. The van der Waals surface area contributed by atoms with Crippen LogP contribution >= 0.6 is 0 Å². The number of anilines is 1. The number of sulfonamides is 1. The molecular weight excluding hydrogens is 494 g/mol. The number of aryl methyl sites for hydroxylation is 1. The van der Waals surface area contributed by atoms with Crippen molar-refractivity contribution < 1.29 is 27.4 Å². The topological polar surface area (TPSA) is 107 Å². The maximum Gasteiger partial charge on any atom is 0.264 e. The quantitative estimate of drug-likeness (QED) is 0.219. The van der Waals surface area contributed by atoms with Gasteiger partial charge < -0.3 is 14.2 Å². The largest absolute Gasteiger partial charge is 0.495 e. The summed E-state index contributed by atoms with van der Waals surface area (Å²) >= 11 is 0. The fraction of sp³-hybridized carbons (Fsp3) is 0.185. The van der Waals surface area contributed by atoms with Gasteiger partial charge in [0.1, 0.15) is 18.9 Å². The van der Waals surface area contributed by atoms with E-state index in [0.717, 1.165) is 9.87 Å². The third-order valence-electron chi connectivity index (χ3n) is 5.20. The molecule has 0 aliphatic rings. The molecule has 0 atom stereocenters. The highest BCUT2D eigenvalue weighted by atomic mass is 32.2. The minimum atomic E-state index is -4.09. The highest BCUT2D eigenvalue weighted by molar-refractivity contribution is 7.92. The van der Waals surface area contributed by atoms with Gasteiger partial charge >= 0.3 is 0 Å². The molecule has 0 unspecified atom stereocenters. The first kappa shape index (κ1) is 27.3. The van der Waals surface area contributed by atoms with Crippen molar-refractivity contribution in [2.45, 2.75) is 11.8 Å². The van der Waals surface area contributed by atoms with E-state index in [0.29, 0.717) is 29.4 Å². The molecule has 3 rings (SSSR count). The summed E-state index contributed by atoms with van der Waals surface area (Å²) in [5.74, 6) is 0.692. The van der Waals surface area contributed by atoms with Crippen molar-refractivity contribution in [3.05, 3.63) is 90.5 Å². The SMILES string of the molecule is C=CCOc1ccc(/C=N/NC(=O)CN(c2ccccc2OC)S(=O)(=O)c2ccc(C)cc2)cc1OC. The van der Waals surface area contributed by atoms with Crippen LogP contribution in [-0.4, -0.2) is 47.9 Å². The summed E-state index contributed by atoms with van der Waals surface area (Å²) in [5, 5.41) is 3.97. The lowest BCUT2D eigenvalue weighted by Crippen LogP contribution is -2.39. The third-order valence-corrected chi connectivity index (χ3v) is 6.97. The highest BCUT2D eigenvalue weighted by Crippen LogP contribution is 2.32. The molecule has 0 spiro atoms. The van der Waals surface area contributed by atoms with E-state index in [1.54, 1.807) is 60.7 Å². The number of amides is 1. The summed E-state index contributed by atoms with van der Waals surface area (Å²) in [7, 11) is -1.15. The molecular formula is C27H29N3O6S. The van der Waals surface area contributed by atoms with Gasteiger partial charge in [-0.05, 0) is 55.0 Å². The fourth-order valence-corrected chi connectivity index (χ4v) is 4.78. The molecule has 0 fully saturated rings. The van der Waals surface area contributed by atoms with Crippen molar-refractivity contribution in [1.29, 1.82) is 0 Å². The first-order valence-corrected chi connectivity index (χ1v) is 12.7. The molecule has 1 amide bonds. The monoisotopic (exact) mass is 523 g/mol. The summed E-state index contributed by atoms with van der Waals surface area (Å²) < 4.78 is 44.3. The van der Waals surface area contributed by atoms with E-state index in [2.05, 4.69) is 17.1 Å². The van der Waals surface area contributed by atoms with Crippen molar-refractivity contribution in [3.8, 4) is 17.2 Å². The second kappa shape index (κ2) is 12.6. The van der Waals surface area contributed by atoms with E-state index >= 15 is 0 Å². The van der Waals surface area contributed by atoms with Gasteiger partial charge in [0.25, 0.3) is 15.9 Å². The van der Waals surface area contributed by atoms with Crippen LogP contribution in [0.3, 0.4) is 0 Å². The molecule has 3 aromatic rings. The second-order valence-corrected chi connectivity index (χ2v) is 9.66. The summed E-state index contributed by atoms with van der Waals surface area (Å²) in [4.78, 5) is 12.9.